The number of nitrogens with one attached hydrogen (secondary N) is 1. The molecule has 21 heavy (non-hydrogen) atoms. The van der Waals surface area contributed by atoms with Crippen LogP contribution in [0.5, 0.6) is 0 Å². The van der Waals surface area contributed by atoms with Crippen molar-refractivity contribution in [2.75, 3.05) is 11.9 Å². The second-order valence-corrected chi connectivity index (χ2v) is 6.70. The lowest BCUT2D eigenvalue weighted by Gasteiger charge is -2.45. The average molecular weight is 287 g/mol. The van der Waals surface area contributed by atoms with Crippen molar-refractivity contribution >= 4 is 11.4 Å². The van der Waals surface area contributed by atoms with Gasteiger partial charge in [0.1, 0.15) is 0 Å². The maximum absolute atomic E-state index is 11.0. The lowest BCUT2D eigenvalue weighted by molar-refractivity contribution is -0.384. The molecule has 112 valence electrons. The first-order chi connectivity index (χ1) is 9.94. The van der Waals surface area contributed by atoms with Crippen LogP contribution in [0.4, 0.5) is 11.4 Å². The normalized spacial score (nSPS) is 26.9. The first kappa shape index (κ1) is 14.1. The molecule has 2 aliphatic rings. The quantitative estimate of drug-likeness (QED) is 0.508. The number of non-ortho nitro benzene ring substituents is 1. The highest BCUT2D eigenvalue weighted by Crippen LogP contribution is 2.49. The van der Waals surface area contributed by atoms with E-state index in [2.05, 4.69) is 31.3 Å². The summed E-state index contributed by atoms with van der Waals surface area (Å²) < 4.78 is 0. The Bertz CT molecular complexity index is 610. The first-order valence-electron chi connectivity index (χ1n) is 7.35. The minimum absolute atomic E-state index is 0.0194. The number of benzene rings is 1. The van der Waals surface area contributed by atoms with Gasteiger partial charge in [0.2, 0.25) is 0 Å². The highest BCUT2D eigenvalue weighted by atomic mass is 16.6. The van der Waals surface area contributed by atoms with E-state index in [0.29, 0.717) is 12.5 Å². The molecule has 0 aromatic heterocycles. The molecule has 0 unspecified atom stereocenters. The molecular formula is C16H21N3O2. The van der Waals surface area contributed by atoms with Crippen molar-refractivity contribution in [3.63, 3.8) is 0 Å². The van der Waals surface area contributed by atoms with Crippen LogP contribution in [0.25, 0.3) is 0 Å². The van der Waals surface area contributed by atoms with Gasteiger partial charge in [0.25, 0.3) is 5.69 Å². The van der Waals surface area contributed by atoms with Crippen LogP contribution in [0.3, 0.4) is 0 Å². The highest BCUT2D eigenvalue weighted by Gasteiger charge is 2.43. The third-order valence-corrected chi connectivity index (χ3v) is 4.93. The van der Waals surface area contributed by atoms with E-state index in [1.165, 1.54) is 0 Å². The molecule has 0 bridgehead atoms. The third kappa shape index (κ3) is 2.21. The molecular weight excluding hydrogens is 266 g/mol. The van der Waals surface area contributed by atoms with E-state index in [1.54, 1.807) is 12.1 Å². The van der Waals surface area contributed by atoms with Crippen molar-refractivity contribution in [1.29, 1.82) is 0 Å². The first-order valence-corrected chi connectivity index (χ1v) is 7.35. The van der Waals surface area contributed by atoms with E-state index in [-0.39, 0.29) is 28.0 Å². The lowest BCUT2D eigenvalue weighted by Crippen LogP contribution is -2.49. The van der Waals surface area contributed by atoms with E-state index in [0.717, 1.165) is 17.7 Å². The Morgan fingerprint density at radius 3 is 2.90 bits per heavy atom. The Kier molecular flexibility index (Phi) is 3.24. The van der Waals surface area contributed by atoms with Crippen molar-refractivity contribution in [1.82, 2.24) is 0 Å². The smallest absolute Gasteiger partial charge is 0.269 e. The number of nitro benzene ring substituents is 1. The molecule has 0 fully saturated rings. The molecule has 1 aliphatic carbocycles. The van der Waals surface area contributed by atoms with Gasteiger partial charge < -0.3 is 11.1 Å². The van der Waals surface area contributed by atoms with Crippen molar-refractivity contribution in [2.24, 2.45) is 17.1 Å². The molecule has 3 N–H and O–H groups in total. The molecule has 0 amide bonds. The fourth-order valence-electron chi connectivity index (χ4n) is 3.60. The zero-order chi connectivity index (χ0) is 15.2. The Balaban J connectivity index is 2.05. The Hall–Kier alpha value is -1.88. The number of nitrogens with two attached hydrogens (primary N) is 1. The van der Waals surface area contributed by atoms with Crippen molar-refractivity contribution < 1.29 is 4.92 Å². The van der Waals surface area contributed by atoms with E-state index in [9.17, 15) is 10.1 Å². The van der Waals surface area contributed by atoms with Gasteiger partial charge in [-0.25, -0.2) is 0 Å². The minimum Gasteiger partial charge on any atom is -0.381 e. The molecule has 1 aromatic rings. The van der Waals surface area contributed by atoms with Gasteiger partial charge in [-0.3, -0.25) is 10.1 Å². The van der Waals surface area contributed by atoms with Crippen LogP contribution >= 0.6 is 0 Å². The summed E-state index contributed by atoms with van der Waals surface area (Å²) in [5.74, 6) is 0.662. The number of nitro groups is 1. The van der Waals surface area contributed by atoms with Crippen molar-refractivity contribution in [2.45, 2.75) is 32.2 Å². The summed E-state index contributed by atoms with van der Waals surface area (Å²) in [6, 6.07) is 5.38. The average Bonchev–Trinajstić information content (AvgIpc) is 2.95. The largest absolute Gasteiger partial charge is 0.381 e. The van der Waals surface area contributed by atoms with Gasteiger partial charge in [-0.1, -0.05) is 26.0 Å². The lowest BCUT2D eigenvalue weighted by atomic mass is 9.69. The highest BCUT2D eigenvalue weighted by molar-refractivity contribution is 5.62. The zero-order valence-electron chi connectivity index (χ0n) is 12.4. The summed E-state index contributed by atoms with van der Waals surface area (Å²) in [4.78, 5) is 10.7. The minimum atomic E-state index is -0.330. The van der Waals surface area contributed by atoms with Gasteiger partial charge in [0.05, 0.1) is 4.92 Å². The van der Waals surface area contributed by atoms with Crippen LogP contribution in [0, 0.1) is 21.4 Å². The number of hydrogen-bond acceptors (Lipinski definition) is 4. The molecule has 0 spiro atoms. The number of anilines is 1. The van der Waals surface area contributed by atoms with Crippen molar-refractivity contribution in [3.8, 4) is 0 Å². The predicted molar refractivity (Wildman–Crippen MR) is 83.3 cm³/mol. The van der Waals surface area contributed by atoms with Gasteiger partial charge in [0, 0.05) is 29.8 Å². The van der Waals surface area contributed by atoms with Crippen LogP contribution in [-0.4, -0.2) is 17.5 Å². The molecule has 1 heterocycles. The van der Waals surface area contributed by atoms with Crippen LogP contribution in [0.15, 0.2) is 30.4 Å². The van der Waals surface area contributed by atoms with Gasteiger partial charge in [-0.05, 0) is 35.9 Å². The molecule has 5 nitrogen and oxygen atoms in total. The predicted octanol–water partition coefficient (Wildman–Crippen LogP) is 3.03. The van der Waals surface area contributed by atoms with E-state index in [4.69, 9.17) is 5.73 Å². The van der Waals surface area contributed by atoms with E-state index in [1.807, 2.05) is 6.07 Å². The Labute approximate surface area is 124 Å². The Morgan fingerprint density at radius 2 is 2.24 bits per heavy atom. The van der Waals surface area contributed by atoms with E-state index < -0.39 is 0 Å². The summed E-state index contributed by atoms with van der Waals surface area (Å²) in [6.45, 7) is 4.96. The van der Waals surface area contributed by atoms with Crippen molar-refractivity contribution in [3.05, 3.63) is 46.0 Å². The number of fused-ring (bicyclic) bond motifs is 3. The fraction of sp³-hybridized carbons (Fsp3) is 0.500. The summed E-state index contributed by atoms with van der Waals surface area (Å²) in [7, 11) is 0. The van der Waals surface area contributed by atoms with Crippen LogP contribution in [0.2, 0.25) is 0 Å². The second-order valence-electron chi connectivity index (χ2n) is 6.70. The standard InChI is InChI=1S/C16H21N3O2/c1-16(2,9-17)15-12-5-3-4-11(12)13-8-10(19(20)21)6-7-14(13)18-15/h3-4,6-8,11-12,15,18H,5,9,17H2,1-2H3/t11-,12+,15-/m0/s1. The van der Waals surface area contributed by atoms with Gasteiger partial charge in [-0.15, -0.1) is 0 Å². The molecule has 1 aliphatic heterocycles. The van der Waals surface area contributed by atoms with Crippen LogP contribution in [0.1, 0.15) is 31.7 Å². The number of allylic oxidation sites excluding steroid dienone is 2. The van der Waals surface area contributed by atoms with Gasteiger partial charge in [0.15, 0.2) is 0 Å². The summed E-state index contributed by atoms with van der Waals surface area (Å²) >= 11 is 0. The summed E-state index contributed by atoms with van der Waals surface area (Å²) in [5, 5.41) is 14.6. The van der Waals surface area contributed by atoms with Gasteiger partial charge >= 0.3 is 0 Å². The number of rotatable bonds is 3. The molecule has 5 heteroatoms. The molecule has 0 radical (unpaired) electrons. The maximum atomic E-state index is 11.0. The maximum Gasteiger partial charge on any atom is 0.269 e. The number of hydrogen-bond donors (Lipinski definition) is 2. The molecule has 3 rings (SSSR count). The van der Waals surface area contributed by atoms with Crippen LogP contribution in [-0.2, 0) is 0 Å². The summed E-state index contributed by atoms with van der Waals surface area (Å²) in [5.41, 5.74) is 8.13. The molecule has 1 aromatic carbocycles. The zero-order valence-corrected chi connectivity index (χ0v) is 12.4. The molecule has 0 saturated carbocycles. The SMILES string of the molecule is CC(C)(CN)[C@H]1Nc2ccc([N+](=O)[O-])cc2[C@H]2C=CC[C@H]21. The fourth-order valence-corrected chi connectivity index (χ4v) is 3.60. The molecule has 3 atom stereocenters. The monoisotopic (exact) mass is 287 g/mol. The second kappa shape index (κ2) is 4.84. The third-order valence-electron chi connectivity index (χ3n) is 4.93. The van der Waals surface area contributed by atoms with Crippen LogP contribution < -0.4 is 11.1 Å². The molecule has 0 saturated heterocycles. The Morgan fingerprint density at radius 1 is 1.48 bits per heavy atom. The van der Waals surface area contributed by atoms with Gasteiger partial charge in [-0.2, -0.15) is 0 Å². The topological polar surface area (TPSA) is 81.2 Å². The van der Waals surface area contributed by atoms with E-state index >= 15 is 0 Å². The summed E-state index contributed by atoms with van der Waals surface area (Å²) in [6.07, 6.45) is 5.37. The number of nitrogens with zero attached hydrogens (tertiary/aromatic N) is 1.